The Hall–Kier alpha value is -2.67. The number of carbonyl (C=O) groups excluding carboxylic acids is 1. The minimum absolute atomic E-state index is 0.193. The number of nitrogens with one attached hydrogen (secondary N) is 1. The van der Waals surface area contributed by atoms with Crippen LogP contribution in [0.25, 0.3) is 10.8 Å². The van der Waals surface area contributed by atoms with Crippen molar-refractivity contribution in [3.05, 3.63) is 57.9 Å². The Morgan fingerprint density at radius 2 is 2.23 bits per heavy atom. The molecule has 3 rings (SSSR count). The van der Waals surface area contributed by atoms with Crippen molar-refractivity contribution in [1.82, 2.24) is 9.78 Å². The Bertz CT molecular complexity index is 849. The fourth-order valence-corrected chi connectivity index (χ4v) is 2.61. The van der Waals surface area contributed by atoms with Crippen molar-refractivity contribution in [3.8, 4) is 10.8 Å². The van der Waals surface area contributed by atoms with Crippen LogP contribution in [0.3, 0.4) is 0 Å². The average Bonchev–Trinajstić information content (AvgIpc) is 3.09. The van der Waals surface area contributed by atoms with E-state index in [1.54, 1.807) is 12.1 Å². The highest BCUT2D eigenvalue weighted by atomic mass is 32.1. The Morgan fingerprint density at radius 3 is 2.95 bits per heavy atom. The third-order valence-corrected chi connectivity index (χ3v) is 3.79. The van der Waals surface area contributed by atoms with Gasteiger partial charge >= 0.3 is 5.76 Å². The molecular weight excluding hydrogens is 302 g/mol. The number of aryl methyl sites for hydroxylation is 1. The lowest BCUT2D eigenvalue weighted by Crippen LogP contribution is -2.25. The smallest absolute Gasteiger partial charge is 0.387 e. The van der Waals surface area contributed by atoms with Crippen LogP contribution in [0.15, 0.2) is 51.0 Å². The predicted octanol–water partition coefficient (Wildman–Crippen LogP) is 2.51. The maximum absolute atomic E-state index is 12.0. The molecule has 0 saturated carbocycles. The number of aromatic nitrogens is 2. The zero-order chi connectivity index (χ0) is 15.5. The minimum Gasteiger partial charge on any atom is -0.387 e. The van der Waals surface area contributed by atoms with E-state index in [2.05, 4.69) is 10.4 Å². The molecule has 2 aromatic heterocycles. The van der Waals surface area contributed by atoms with E-state index in [4.69, 9.17) is 4.42 Å². The van der Waals surface area contributed by atoms with Crippen molar-refractivity contribution < 1.29 is 9.21 Å². The predicted molar refractivity (Wildman–Crippen MR) is 83.9 cm³/mol. The highest BCUT2D eigenvalue weighted by molar-refractivity contribution is 7.13. The van der Waals surface area contributed by atoms with Crippen molar-refractivity contribution in [3.63, 3.8) is 0 Å². The first-order chi connectivity index (χ1) is 10.6. The summed E-state index contributed by atoms with van der Waals surface area (Å²) in [6.07, 6.45) is 0. The average molecular weight is 315 g/mol. The summed E-state index contributed by atoms with van der Waals surface area (Å²) in [4.78, 5) is 24.5. The molecule has 0 bridgehead atoms. The van der Waals surface area contributed by atoms with Crippen LogP contribution < -0.4 is 11.1 Å². The molecule has 112 valence electrons. The van der Waals surface area contributed by atoms with Crippen LogP contribution in [0, 0.1) is 6.92 Å². The van der Waals surface area contributed by atoms with E-state index in [-0.39, 0.29) is 18.3 Å². The molecule has 0 fully saturated rings. The van der Waals surface area contributed by atoms with Crippen molar-refractivity contribution in [2.45, 2.75) is 13.5 Å². The molecule has 1 N–H and O–H groups in total. The highest BCUT2D eigenvalue weighted by Crippen LogP contribution is 2.21. The second kappa shape index (κ2) is 5.98. The fourth-order valence-electron chi connectivity index (χ4n) is 1.97. The van der Waals surface area contributed by atoms with E-state index in [9.17, 15) is 9.59 Å². The molecule has 1 aromatic carbocycles. The molecule has 0 aliphatic carbocycles. The third kappa shape index (κ3) is 3.15. The van der Waals surface area contributed by atoms with Crippen molar-refractivity contribution in [2.75, 3.05) is 5.32 Å². The van der Waals surface area contributed by atoms with Crippen LogP contribution >= 0.6 is 11.3 Å². The second-order valence-corrected chi connectivity index (χ2v) is 5.67. The van der Waals surface area contributed by atoms with E-state index >= 15 is 0 Å². The Morgan fingerprint density at radius 1 is 1.36 bits per heavy atom. The van der Waals surface area contributed by atoms with Gasteiger partial charge in [-0.2, -0.15) is 4.68 Å². The summed E-state index contributed by atoms with van der Waals surface area (Å²) < 4.78 is 6.07. The van der Waals surface area contributed by atoms with Crippen LogP contribution in [-0.4, -0.2) is 15.7 Å². The first kappa shape index (κ1) is 14.3. The maximum atomic E-state index is 12.0. The van der Waals surface area contributed by atoms with E-state index in [0.717, 1.165) is 15.1 Å². The topological polar surface area (TPSA) is 77.1 Å². The summed E-state index contributed by atoms with van der Waals surface area (Å²) in [7, 11) is 0. The number of anilines is 1. The molecule has 0 aliphatic rings. The van der Waals surface area contributed by atoms with Crippen LogP contribution in [0.1, 0.15) is 5.56 Å². The van der Waals surface area contributed by atoms with Gasteiger partial charge in [-0.25, -0.2) is 4.79 Å². The quantitative estimate of drug-likeness (QED) is 0.802. The number of nitrogens with zero attached hydrogens (tertiary/aromatic N) is 2. The third-order valence-electron chi connectivity index (χ3n) is 2.93. The Labute approximate surface area is 130 Å². The van der Waals surface area contributed by atoms with E-state index in [1.807, 2.05) is 36.6 Å². The van der Waals surface area contributed by atoms with E-state index < -0.39 is 5.76 Å². The molecule has 0 atom stereocenters. The zero-order valence-corrected chi connectivity index (χ0v) is 12.6. The van der Waals surface area contributed by atoms with Gasteiger partial charge in [-0.05, 0) is 36.1 Å². The first-order valence-electron chi connectivity index (χ1n) is 6.60. The summed E-state index contributed by atoms with van der Waals surface area (Å²) in [6, 6.07) is 11.1. The van der Waals surface area contributed by atoms with Crippen LogP contribution in [0.5, 0.6) is 0 Å². The van der Waals surface area contributed by atoms with Gasteiger partial charge < -0.3 is 9.73 Å². The van der Waals surface area contributed by atoms with Gasteiger partial charge in [0.25, 0.3) is 5.89 Å². The first-order valence-corrected chi connectivity index (χ1v) is 7.48. The molecule has 22 heavy (non-hydrogen) atoms. The molecule has 0 radical (unpaired) electrons. The van der Waals surface area contributed by atoms with Crippen LogP contribution in [-0.2, 0) is 11.3 Å². The van der Waals surface area contributed by atoms with Gasteiger partial charge in [0.05, 0.1) is 4.88 Å². The molecule has 7 heteroatoms. The van der Waals surface area contributed by atoms with Crippen LogP contribution in [0.2, 0.25) is 0 Å². The number of rotatable bonds is 4. The summed E-state index contributed by atoms with van der Waals surface area (Å²) >= 11 is 1.41. The summed E-state index contributed by atoms with van der Waals surface area (Å²) in [5.74, 6) is -0.759. The fraction of sp³-hybridized carbons (Fsp3) is 0.133. The van der Waals surface area contributed by atoms with Gasteiger partial charge in [-0.1, -0.05) is 18.2 Å². The number of benzene rings is 1. The molecule has 0 spiro atoms. The minimum atomic E-state index is -0.650. The Balaban J connectivity index is 1.73. The van der Waals surface area contributed by atoms with Gasteiger partial charge in [0, 0.05) is 5.69 Å². The van der Waals surface area contributed by atoms with Crippen molar-refractivity contribution in [1.29, 1.82) is 0 Å². The van der Waals surface area contributed by atoms with Gasteiger partial charge in [-0.15, -0.1) is 16.4 Å². The lowest BCUT2D eigenvalue weighted by molar-refractivity contribution is -0.117. The number of thiophene rings is 1. The second-order valence-electron chi connectivity index (χ2n) is 4.73. The normalized spacial score (nSPS) is 10.6. The highest BCUT2D eigenvalue weighted by Gasteiger charge is 2.13. The van der Waals surface area contributed by atoms with Crippen molar-refractivity contribution >= 4 is 22.9 Å². The number of hydrogen-bond acceptors (Lipinski definition) is 5. The summed E-state index contributed by atoms with van der Waals surface area (Å²) in [5.41, 5.74) is 1.72. The molecule has 2 heterocycles. The molecule has 0 saturated heterocycles. The molecule has 6 nitrogen and oxygen atoms in total. The zero-order valence-electron chi connectivity index (χ0n) is 11.8. The maximum Gasteiger partial charge on any atom is 0.437 e. The molecular formula is C15H13N3O3S. The molecule has 0 aliphatic heterocycles. The standard InChI is InChI=1S/C15H13N3O3S/c1-10-4-2-5-11(8-10)16-13(19)9-18-15(20)21-14(17-18)12-6-3-7-22-12/h2-8H,9H2,1H3,(H,16,19). The van der Waals surface area contributed by atoms with Gasteiger partial charge in [0.15, 0.2) is 0 Å². The van der Waals surface area contributed by atoms with Gasteiger partial charge in [0.2, 0.25) is 5.91 Å². The molecule has 3 aromatic rings. The SMILES string of the molecule is Cc1cccc(NC(=O)Cn2nc(-c3cccs3)oc2=O)c1. The van der Waals surface area contributed by atoms with E-state index in [0.29, 0.717) is 5.69 Å². The summed E-state index contributed by atoms with van der Waals surface area (Å²) in [6.45, 7) is 1.74. The van der Waals surface area contributed by atoms with Crippen molar-refractivity contribution in [2.24, 2.45) is 0 Å². The lowest BCUT2D eigenvalue weighted by Gasteiger charge is -2.04. The molecule has 1 amide bonds. The number of carbonyl (C=O) groups is 1. The monoisotopic (exact) mass is 315 g/mol. The Kier molecular flexibility index (Phi) is 3.88. The largest absolute Gasteiger partial charge is 0.437 e. The van der Waals surface area contributed by atoms with Gasteiger partial charge in [0.1, 0.15) is 6.54 Å². The van der Waals surface area contributed by atoms with E-state index in [1.165, 1.54) is 11.3 Å². The molecule has 0 unspecified atom stereocenters. The number of hydrogen-bond donors (Lipinski definition) is 1. The van der Waals surface area contributed by atoms with Crippen LogP contribution in [0.4, 0.5) is 5.69 Å². The number of amides is 1. The lowest BCUT2D eigenvalue weighted by atomic mass is 10.2. The summed E-state index contributed by atoms with van der Waals surface area (Å²) in [5, 5.41) is 8.62. The van der Waals surface area contributed by atoms with Gasteiger partial charge in [-0.3, -0.25) is 4.79 Å².